The lowest BCUT2D eigenvalue weighted by Gasteiger charge is -2.08. The van der Waals surface area contributed by atoms with Gasteiger partial charge in [-0.15, -0.1) is 0 Å². The largest absolute Gasteiger partial charge is 0.416 e. The summed E-state index contributed by atoms with van der Waals surface area (Å²) in [6.45, 7) is 1.54. The van der Waals surface area contributed by atoms with E-state index in [9.17, 15) is 27.2 Å². The lowest BCUT2D eigenvalue weighted by atomic mass is 10.1. The standard InChI is InChI=1S/C17H13F4N3O2/c1-10(11-2-6-13(18)7-3-11)23-24-16(26)15(25)22-14-8-4-12(5-9-14)17(19,20)21/h2-9H,1H3,(H,22,25)(H,24,26)/b23-10+. The van der Waals surface area contributed by atoms with Gasteiger partial charge < -0.3 is 5.32 Å². The number of rotatable bonds is 3. The monoisotopic (exact) mass is 367 g/mol. The zero-order chi connectivity index (χ0) is 19.3. The Labute approximate surface area is 145 Å². The number of halogens is 4. The van der Waals surface area contributed by atoms with E-state index in [1.165, 1.54) is 24.3 Å². The molecule has 0 bridgehead atoms. The molecule has 26 heavy (non-hydrogen) atoms. The Kier molecular flexibility index (Phi) is 5.71. The number of carbonyl (C=O) groups excluding carboxylic acids is 2. The molecule has 0 saturated heterocycles. The first-order valence-corrected chi connectivity index (χ1v) is 7.25. The molecule has 2 amide bonds. The van der Waals surface area contributed by atoms with Crippen LogP contribution >= 0.6 is 0 Å². The van der Waals surface area contributed by atoms with E-state index in [0.717, 1.165) is 24.3 Å². The minimum absolute atomic E-state index is 0.0254. The number of amides is 2. The van der Waals surface area contributed by atoms with Gasteiger partial charge in [0.25, 0.3) is 0 Å². The molecule has 0 heterocycles. The van der Waals surface area contributed by atoms with Crippen LogP contribution in [0.5, 0.6) is 0 Å². The van der Waals surface area contributed by atoms with Crippen LogP contribution in [0, 0.1) is 5.82 Å². The number of benzene rings is 2. The van der Waals surface area contributed by atoms with E-state index in [4.69, 9.17) is 0 Å². The maximum atomic E-state index is 12.8. The van der Waals surface area contributed by atoms with Crippen molar-refractivity contribution in [3.63, 3.8) is 0 Å². The summed E-state index contributed by atoms with van der Waals surface area (Å²) in [6.07, 6.45) is -4.49. The van der Waals surface area contributed by atoms with Crippen molar-refractivity contribution in [1.29, 1.82) is 0 Å². The molecule has 0 saturated carbocycles. The van der Waals surface area contributed by atoms with Gasteiger partial charge in [0.05, 0.1) is 11.3 Å². The van der Waals surface area contributed by atoms with Crippen molar-refractivity contribution in [3.05, 3.63) is 65.5 Å². The molecule has 2 rings (SSSR count). The summed E-state index contributed by atoms with van der Waals surface area (Å²) in [4.78, 5) is 23.4. The summed E-state index contributed by atoms with van der Waals surface area (Å²) in [5.41, 5.74) is 2.04. The highest BCUT2D eigenvalue weighted by Crippen LogP contribution is 2.29. The maximum Gasteiger partial charge on any atom is 0.416 e. The number of anilines is 1. The molecule has 0 radical (unpaired) electrons. The van der Waals surface area contributed by atoms with Gasteiger partial charge in [-0.25, -0.2) is 9.82 Å². The molecule has 0 aliphatic heterocycles. The van der Waals surface area contributed by atoms with E-state index in [1.54, 1.807) is 6.92 Å². The van der Waals surface area contributed by atoms with Crippen molar-refractivity contribution >= 4 is 23.2 Å². The van der Waals surface area contributed by atoms with E-state index < -0.39 is 29.4 Å². The second-order valence-electron chi connectivity index (χ2n) is 5.17. The summed E-state index contributed by atoms with van der Waals surface area (Å²) in [6, 6.07) is 8.95. The Hall–Kier alpha value is -3.23. The zero-order valence-corrected chi connectivity index (χ0v) is 13.4. The molecule has 0 atom stereocenters. The first-order valence-electron chi connectivity index (χ1n) is 7.25. The van der Waals surface area contributed by atoms with Crippen molar-refractivity contribution in [3.8, 4) is 0 Å². The number of nitrogens with one attached hydrogen (secondary N) is 2. The summed E-state index contributed by atoms with van der Waals surface area (Å²) >= 11 is 0. The van der Waals surface area contributed by atoms with Gasteiger partial charge in [-0.3, -0.25) is 9.59 Å². The number of alkyl halides is 3. The second kappa shape index (κ2) is 7.77. The quantitative estimate of drug-likeness (QED) is 0.378. The average Bonchev–Trinajstić information content (AvgIpc) is 2.59. The van der Waals surface area contributed by atoms with Crippen molar-refractivity contribution in [1.82, 2.24) is 5.43 Å². The number of hydrogen-bond donors (Lipinski definition) is 2. The summed E-state index contributed by atoms with van der Waals surface area (Å²) in [7, 11) is 0. The van der Waals surface area contributed by atoms with Gasteiger partial charge in [0, 0.05) is 5.69 Å². The van der Waals surface area contributed by atoms with Crippen LogP contribution in [-0.4, -0.2) is 17.5 Å². The summed E-state index contributed by atoms with van der Waals surface area (Å²) < 4.78 is 50.2. The molecule has 0 aliphatic carbocycles. The van der Waals surface area contributed by atoms with Crippen molar-refractivity contribution in [2.45, 2.75) is 13.1 Å². The van der Waals surface area contributed by atoms with Gasteiger partial charge in [-0.2, -0.15) is 18.3 Å². The molecular weight excluding hydrogens is 354 g/mol. The van der Waals surface area contributed by atoms with Crippen LogP contribution in [0.2, 0.25) is 0 Å². The van der Waals surface area contributed by atoms with Crippen molar-refractivity contribution < 1.29 is 27.2 Å². The highest BCUT2D eigenvalue weighted by molar-refractivity contribution is 6.39. The van der Waals surface area contributed by atoms with Crippen LogP contribution in [0.25, 0.3) is 0 Å². The van der Waals surface area contributed by atoms with E-state index in [1.807, 2.05) is 5.43 Å². The van der Waals surface area contributed by atoms with Gasteiger partial charge in [0.1, 0.15) is 5.82 Å². The van der Waals surface area contributed by atoms with Crippen LogP contribution in [-0.2, 0) is 15.8 Å². The zero-order valence-electron chi connectivity index (χ0n) is 13.4. The molecule has 9 heteroatoms. The Morgan fingerprint density at radius 1 is 0.923 bits per heavy atom. The van der Waals surface area contributed by atoms with Crippen LogP contribution in [0.1, 0.15) is 18.1 Å². The van der Waals surface area contributed by atoms with E-state index in [0.29, 0.717) is 11.3 Å². The lowest BCUT2D eigenvalue weighted by molar-refractivity contribution is -0.137. The predicted molar refractivity (Wildman–Crippen MR) is 86.8 cm³/mol. The number of hydrazone groups is 1. The Bertz CT molecular complexity index is 829. The molecule has 0 spiro atoms. The molecule has 0 fully saturated rings. The molecule has 2 aromatic rings. The fourth-order valence-corrected chi connectivity index (χ4v) is 1.87. The Balaban J connectivity index is 1.96. The van der Waals surface area contributed by atoms with Gasteiger partial charge in [-0.05, 0) is 48.9 Å². The van der Waals surface area contributed by atoms with Crippen LogP contribution in [0.4, 0.5) is 23.2 Å². The van der Waals surface area contributed by atoms with E-state index in [-0.39, 0.29) is 5.69 Å². The first kappa shape index (κ1) is 19.1. The highest BCUT2D eigenvalue weighted by Gasteiger charge is 2.30. The molecule has 2 aromatic carbocycles. The molecule has 0 aromatic heterocycles. The van der Waals surface area contributed by atoms with Crippen LogP contribution < -0.4 is 10.7 Å². The molecule has 2 N–H and O–H groups in total. The molecule has 5 nitrogen and oxygen atoms in total. The average molecular weight is 367 g/mol. The third-order valence-electron chi connectivity index (χ3n) is 3.26. The van der Waals surface area contributed by atoms with E-state index >= 15 is 0 Å². The fourth-order valence-electron chi connectivity index (χ4n) is 1.87. The first-order chi connectivity index (χ1) is 12.2. The third-order valence-corrected chi connectivity index (χ3v) is 3.26. The van der Waals surface area contributed by atoms with Gasteiger partial charge in [0.15, 0.2) is 0 Å². The third kappa shape index (κ3) is 5.13. The topological polar surface area (TPSA) is 70.6 Å². The van der Waals surface area contributed by atoms with Crippen LogP contribution in [0.15, 0.2) is 53.6 Å². The predicted octanol–water partition coefficient (Wildman–Crippen LogP) is 3.32. The normalized spacial score (nSPS) is 11.8. The fraction of sp³-hybridized carbons (Fsp3) is 0.118. The Morgan fingerprint density at radius 2 is 1.50 bits per heavy atom. The van der Waals surface area contributed by atoms with E-state index in [2.05, 4.69) is 10.4 Å². The van der Waals surface area contributed by atoms with Gasteiger partial charge >= 0.3 is 18.0 Å². The Morgan fingerprint density at radius 3 is 2.04 bits per heavy atom. The summed E-state index contributed by atoms with van der Waals surface area (Å²) in [5.74, 6) is -2.63. The van der Waals surface area contributed by atoms with Gasteiger partial charge in [0.2, 0.25) is 0 Å². The number of nitrogens with zero attached hydrogens (tertiary/aromatic N) is 1. The molecular formula is C17H13F4N3O2. The number of hydrogen-bond acceptors (Lipinski definition) is 3. The highest BCUT2D eigenvalue weighted by atomic mass is 19.4. The summed E-state index contributed by atoms with van der Waals surface area (Å²) in [5, 5.41) is 5.87. The SMILES string of the molecule is C/C(=N\NC(=O)C(=O)Nc1ccc(C(F)(F)F)cc1)c1ccc(F)cc1. The van der Waals surface area contributed by atoms with Gasteiger partial charge in [-0.1, -0.05) is 12.1 Å². The van der Waals surface area contributed by atoms with Crippen molar-refractivity contribution in [2.24, 2.45) is 5.10 Å². The smallest absolute Gasteiger partial charge is 0.318 e. The lowest BCUT2D eigenvalue weighted by Crippen LogP contribution is -2.33. The van der Waals surface area contributed by atoms with Crippen LogP contribution in [0.3, 0.4) is 0 Å². The van der Waals surface area contributed by atoms with Crippen molar-refractivity contribution in [2.75, 3.05) is 5.32 Å². The molecule has 136 valence electrons. The maximum absolute atomic E-state index is 12.8. The number of carbonyl (C=O) groups is 2. The second-order valence-corrected chi connectivity index (χ2v) is 5.17. The molecule has 0 unspecified atom stereocenters. The molecule has 0 aliphatic rings. The minimum atomic E-state index is -4.49. The minimum Gasteiger partial charge on any atom is -0.318 e.